The fraction of sp³-hybridized carbons (Fsp3) is 0.462. The van der Waals surface area contributed by atoms with Crippen molar-refractivity contribution in [3.63, 3.8) is 0 Å². The number of hydrogen-bond acceptors (Lipinski definition) is 3. The number of carbonyl (C=O) groups excluding carboxylic acids is 1. The number of benzene rings is 1. The number of nitrogens with one attached hydrogen (secondary N) is 1. The van der Waals surface area contributed by atoms with Crippen molar-refractivity contribution in [3.05, 3.63) is 29.8 Å². The molecule has 3 N–H and O–H groups in total. The van der Waals surface area contributed by atoms with Gasteiger partial charge in [-0.25, -0.2) is 0 Å². The van der Waals surface area contributed by atoms with Gasteiger partial charge in [0.2, 0.25) is 5.91 Å². The second-order valence-corrected chi connectivity index (χ2v) is 4.14. The maximum atomic E-state index is 11.7. The van der Waals surface area contributed by atoms with Crippen LogP contribution in [0, 0.1) is 5.92 Å². The number of rotatable bonds is 5. The summed E-state index contributed by atoms with van der Waals surface area (Å²) in [5, 5.41) is 2.92. The molecule has 2 atom stereocenters. The van der Waals surface area contributed by atoms with E-state index in [0.717, 1.165) is 11.3 Å². The topological polar surface area (TPSA) is 64.3 Å². The lowest BCUT2D eigenvalue weighted by atomic mass is 10.1. The summed E-state index contributed by atoms with van der Waals surface area (Å²) in [6, 6.07) is 7.61. The molecule has 0 radical (unpaired) electrons. The van der Waals surface area contributed by atoms with E-state index in [-0.39, 0.29) is 17.9 Å². The van der Waals surface area contributed by atoms with Gasteiger partial charge in [-0.05, 0) is 24.6 Å². The predicted molar refractivity (Wildman–Crippen MR) is 67.8 cm³/mol. The molecule has 94 valence electrons. The standard InChI is InChI=1S/C13H20N2O2/c1-9(8-14)13(16)15-10(2)11-5-4-6-12(7-11)17-3/h4-7,9-10H,8,14H2,1-3H3,(H,15,16)/t9?,10-/m1/s1. The van der Waals surface area contributed by atoms with Crippen LogP contribution in [0.25, 0.3) is 0 Å². The maximum absolute atomic E-state index is 11.7. The first kappa shape index (κ1) is 13.5. The lowest BCUT2D eigenvalue weighted by Crippen LogP contribution is -2.34. The van der Waals surface area contributed by atoms with Gasteiger partial charge in [-0.1, -0.05) is 19.1 Å². The van der Waals surface area contributed by atoms with Crippen molar-refractivity contribution in [1.29, 1.82) is 0 Å². The van der Waals surface area contributed by atoms with Crippen LogP contribution in [0.4, 0.5) is 0 Å². The number of nitrogens with two attached hydrogens (primary N) is 1. The predicted octanol–water partition coefficient (Wildman–Crippen LogP) is 1.47. The van der Waals surface area contributed by atoms with E-state index < -0.39 is 0 Å². The fourth-order valence-corrected chi connectivity index (χ4v) is 1.46. The van der Waals surface area contributed by atoms with Gasteiger partial charge in [-0.15, -0.1) is 0 Å². The van der Waals surface area contributed by atoms with Gasteiger partial charge in [-0.2, -0.15) is 0 Å². The molecule has 4 heteroatoms. The van der Waals surface area contributed by atoms with Crippen LogP contribution in [0.3, 0.4) is 0 Å². The van der Waals surface area contributed by atoms with E-state index in [4.69, 9.17) is 10.5 Å². The van der Waals surface area contributed by atoms with E-state index in [1.807, 2.05) is 38.1 Å². The monoisotopic (exact) mass is 236 g/mol. The first-order valence-electron chi connectivity index (χ1n) is 5.73. The Balaban J connectivity index is 2.69. The van der Waals surface area contributed by atoms with E-state index in [9.17, 15) is 4.79 Å². The first-order valence-corrected chi connectivity index (χ1v) is 5.73. The maximum Gasteiger partial charge on any atom is 0.224 e. The molecule has 0 aliphatic carbocycles. The van der Waals surface area contributed by atoms with Gasteiger partial charge in [0.1, 0.15) is 5.75 Å². The Morgan fingerprint density at radius 3 is 2.76 bits per heavy atom. The molecule has 0 fully saturated rings. The van der Waals surface area contributed by atoms with Crippen LogP contribution in [-0.2, 0) is 4.79 Å². The molecule has 0 saturated carbocycles. The molecule has 1 rings (SSSR count). The van der Waals surface area contributed by atoms with Gasteiger partial charge in [0.25, 0.3) is 0 Å². The van der Waals surface area contributed by atoms with Crippen molar-refractivity contribution in [1.82, 2.24) is 5.32 Å². The Morgan fingerprint density at radius 2 is 2.18 bits per heavy atom. The minimum atomic E-state index is -0.164. The highest BCUT2D eigenvalue weighted by atomic mass is 16.5. The lowest BCUT2D eigenvalue weighted by molar-refractivity contribution is -0.124. The lowest BCUT2D eigenvalue weighted by Gasteiger charge is -2.17. The number of hydrogen-bond donors (Lipinski definition) is 2. The van der Waals surface area contributed by atoms with Gasteiger partial charge in [-0.3, -0.25) is 4.79 Å². The highest BCUT2D eigenvalue weighted by Crippen LogP contribution is 2.18. The minimum absolute atomic E-state index is 0.0252. The average molecular weight is 236 g/mol. The zero-order valence-electron chi connectivity index (χ0n) is 10.6. The van der Waals surface area contributed by atoms with Crippen LogP contribution >= 0.6 is 0 Å². The van der Waals surface area contributed by atoms with Crippen LogP contribution in [0.15, 0.2) is 24.3 Å². The van der Waals surface area contributed by atoms with Crippen molar-refractivity contribution >= 4 is 5.91 Å². The average Bonchev–Trinajstić information content (AvgIpc) is 2.37. The number of ether oxygens (including phenoxy) is 1. The Kier molecular flexibility index (Phi) is 4.97. The zero-order chi connectivity index (χ0) is 12.8. The smallest absolute Gasteiger partial charge is 0.224 e. The third kappa shape index (κ3) is 3.75. The summed E-state index contributed by atoms with van der Waals surface area (Å²) in [5.41, 5.74) is 6.47. The van der Waals surface area contributed by atoms with E-state index in [1.165, 1.54) is 0 Å². The molecule has 1 aromatic rings. The molecule has 0 aromatic heterocycles. The molecule has 0 bridgehead atoms. The van der Waals surface area contributed by atoms with Crippen LogP contribution in [-0.4, -0.2) is 19.6 Å². The molecule has 1 unspecified atom stereocenters. The Hall–Kier alpha value is -1.55. The van der Waals surface area contributed by atoms with Crippen molar-refractivity contribution in [2.45, 2.75) is 19.9 Å². The number of carbonyl (C=O) groups is 1. The molecular formula is C13H20N2O2. The summed E-state index contributed by atoms with van der Waals surface area (Å²) in [6.45, 7) is 4.11. The molecule has 0 aliphatic heterocycles. The van der Waals surface area contributed by atoms with Gasteiger partial charge in [0, 0.05) is 12.5 Å². The van der Waals surface area contributed by atoms with E-state index >= 15 is 0 Å². The Morgan fingerprint density at radius 1 is 1.47 bits per heavy atom. The number of amides is 1. The van der Waals surface area contributed by atoms with Gasteiger partial charge < -0.3 is 15.8 Å². The summed E-state index contributed by atoms with van der Waals surface area (Å²) in [4.78, 5) is 11.7. The van der Waals surface area contributed by atoms with Gasteiger partial charge in [0.15, 0.2) is 0 Å². The Labute approximate surface area is 102 Å². The normalized spacial score (nSPS) is 13.9. The summed E-state index contributed by atoms with van der Waals surface area (Å²) in [5.74, 6) is 0.598. The van der Waals surface area contributed by atoms with Crippen molar-refractivity contribution < 1.29 is 9.53 Å². The molecule has 0 aliphatic rings. The zero-order valence-corrected chi connectivity index (χ0v) is 10.6. The summed E-state index contributed by atoms with van der Waals surface area (Å²) in [7, 11) is 1.62. The highest BCUT2D eigenvalue weighted by Gasteiger charge is 2.14. The second-order valence-electron chi connectivity index (χ2n) is 4.14. The molecule has 17 heavy (non-hydrogen) atoms. The van der Waals surface area contributed by atoms with E-state index in [2.05, 4.69) is 5.32 Å². The highest BCUT2D eigenvalue weighted by molar-refractivity contribution is 5.78. The number of methoxy groups -OCH3 is 1. The van der Waals surface area contributed by atoms with E-state index in [1.54, 1.807) is 7.11 Å². The van der Waals surface area contributed by atoms with Crippen molar-refractivity contribution in [3.8, 4) is 5.75 Å². The van der Waals surface area contributed by atoms with Crippen LogP contribution in [0.1, 0.15) is 25.5 Å². The van der Waals surface area contributed by atoms with Gasteiger partial charge >= 0.3 is 0 Å². The van der Waals surface area contributed by atoms with E-state index in [0.29, 0.717) is 6.54 Å². The molecule has 0 saturated heterocycles. The second kappa shape index (κ2) is 6.25. The first-order chi connectivity index (χ1) is 8.08. The Bertz CT molecular complexity index is 379. The van der Waals surface area contributed by atoms with Crippen molar-refractivity contribution in [2.24, 2.45) is 11.7 Å². The largest absolute Gasteiger partial charge is 0.497 e. The van der Waals surface area contributed by atoms with Crippen LogP contribution < -0.4 is 15.8 Å². The SMILES string of the molecule is COc1cccc([C@@H](C)NC(=O)C(C)CN)c1. The fourth-order valence-electron chi connectivity index (χ4n) is 1.46. The summed E-state index contributed by atoms with van der Waals surface area (Å²) in [6.07, 6.45) is 0. The molecular weight excluding hydrogens is 216 g/mol. The van der Waals surface area contributed by atoms with Crippen molar-refractivity contribution in [2.75, 3.05) is 13.7 Å². The molecule has 1 amide bonds. The quantitative estimate of drug-likeness (QED) is 0.813. The third-order valence-electron chi connectivity index (χ3n) is 2.75. The van der Waals surface area contributed by atoms with Crippen LogP contribution in [0.2, 0.25) is 0 Å². The molecule has 0 spiro atoms. The summed E-state index contributed by atoms with van der Waals surface area (Å²) >= 11 is 0. The summed E-state index contributed by atoms with van der Waals surface area (Å²) < 4.78 is 5.15. The van der Waals surface area contributed by atoms with Crippen LogP contribution in [0.5, 0.6) is 5.75 Å². The molecule has 4 nitrogen and oxygen atoms in total. The minimum Gasteiger partial charge on any atom is -0.497 e. The molecule has 1 aromatic carbocycles. The third-order valence-corrected chi connectivity index (χ3v) is 2.75. The van der Waals surface area contributed by atoms with Gasteiger partial charge in [0.05, 0.1) is 13.2 Å². The molecule has 0 heterocycles.